The number of aromatic nitrogens is 2. The summed E-state index contributed by atoms with van der Waals surface area (Å²) in [6, 6.07) is 23.1. The Hall–Kier alpha value is -3.44. The zero-order valence-corrected chi connectivity index (χ0v) is 14.9. The molecule has 6 heteroatoms. The number of amides is 1. The van der Waals surface area contributed by atoms with Crippen molar-refractivity contribution in [3.63, 3.8) is 0 Å². The van der Waals surface area contributed by atoms with Crippen molar-refractivity contribution in [3.05, 3.63) is 89.1 Å². The standard InChI is InChI=1S/C21H15ClN4O/c22-18-7-3-4-14(10-18)13-23-26-21(27)20-12-19(24-25-20)17-9-8-15-5-1-2-6-16(15)11-17/h1-13H,(H,24,25)(H,26,27). The second-order valence-electron chi connectivity index (χ2n) is 5.98. The highest BCUT2D eigenvalue weighted by Gasteiger charge is 2.10. The van der Waals surface area contributed by atoms with Gasteiger partial charge in [-0.2, -0.15) is 10.2 Å². The number of nitrogens with zero attached hydrogens (tertiary/aromatic N) is 2. The third-order valence-corrected chi connectivity index (χ3v) is 4.33. The van der Waals surface area contributed by atoms with Gasteiger partial charge in [-0.15, -0.1) is 0 Å². The minimum Gasteiger partial charge on any atom is -0.272 e. The van der Waals surface area contributed by atoms with Gasteiger partial charge in [0.15, 0.2) is 0 Å². The van der Waals surface area contributed by atoms with Crippen LogP contribution in [0.4, 0.5) is 0 Å². The van der Waals surface area contributed by atoms with Crippen LogP contribution in [0.3, 0.4) is 0 Å². The largest absolute Gasteiger partial charge is 0.289 e. The predicted molar refractivity (Wildman–Crippen MR) is 108 cm³/mol. The summed E-state index contributed by atoms with van der Waals surface area (Å²) in [4.78, 5) is 12.2. The number of benzene rings is 3. The summed E-state index contributed by atoms with van der Waals surface area (Å²) in [6.07, 6.45) is 1.53. The highest BCUT2D eigenvalue weighted by molar-refractivity contribution is 6.30. The Balaban J connectivity index is 1.48. The molecule has 0 saturated heterocycles. The van der Waals surface area contributed by atoms with E-state index in [1.54, 1.807) is 18.2 Å². The smallest absolute Gasteiger partial charge is 0.272 e. The zero-order chi connectivity index (χ0) is 18.6. The van der Waals surface area contributed by atoms with E-state index in [1.165, 1.54) is 6.21 Å². The highest BCUT2D eigenvalue weighted by Crippen LogP contribution is 2.23. The monoisotopic (exact) mass is 374 g/mol. The molecule has 0 aliphatic heterocycles. The molecule has 4 aromatic rings. The number of fused-ring (bicyclic) bond motifs is 1. The van der Waals surface area contributed by atoms with Crippen LogP contribution in [0.25, 0.3) is 22.0 Å². The molecule has 2 N–H and O–H groups in total. The van der Waals surface area contributed by atoms with Gasteiger partial charge in [-0.3, -0.25) is 9.89 Å². The van der Waals surface area contributed by atoms with Gasteiger partial charge in [0.05, 0.1) is 11.9 Å². The van der Waals surface area contributed by atoms with Crippen molar-refractivity contribution in [2.75, 3.05) is 0 Å². The Labute approximate surface area is 160 Å². The Kier molecular flexibility index (Phi) is 4.68. The molecule has 0 aliphatic carbocycles. The summed E-state index contributed by atoms with van der Waals surface area (Å²) in [7, 11) is 0. The van der Waals surface area contributed by atoms with Crippen LogP contribution in [0, 0.1) is 0 Å². The number of carbonyl (C=O) groups excluding carboxylic acids is 1. The van der Waals surface area contributed by atoms with Crippen LogP contribution in [0.5, 0.6) is 0 Å². The number of hydrogen-bond donors (Lipinski definition) is 2. The van der Waals surface area contributed by atoms with Crippen LogP contribution >= 0.6 is 11.6 Å². The zero-order valence-electron chi connectivity index (χ0n) is 14.2. The van der Waals surface area contributed by atoms with Crippen molar-refractivity contribution in [3.8, 4) is 11.3 Å². The first-order valence-electron chi connectivity index (χ1n) is 8.32. The SMILES string of the molecule is O=C(NN=Cc1cccc(Cl)c1)c1cc(-c2ccc3ccccc3c2)n[nH]1. The summed E-state index contributed by atoms with van der Waals surface area (Å²) in [5.74, 6) is -0.368. The number of carbonyl (C=O) groups is 1. The highest BCUT2D eigenvalue weighted by atomic mass is 35.5. The molecule has 0 unspecified atom stereocenters. The molecule has 0 saturated carbocycles. The predicted octanol–water partition coefficient (Wildman–Crippen LogP) is 4.65. The number of rotatable bonds is 4. The van der Waals surface area contributed by atoms with E-state index in [0.717, 1.165) is 21.9 Å². The molecule has 0 aliphatic rings. The summed E-state index contributed by atoms with van der Waals surface area (Å²) < 4.78 is 0. The minimum absolute atomic E-state index is 0.335. The van der Waals surface area contributed by atoms with Crippen LogP contribution in [0.15, 0.2) is 77.9 Å². The lowest BCUT2D eigenvalue weighted by Crippen LogP contribution is -2.17. The minimum atomic E-state index is -0.368. The molecule has 5 nitrogen and oxygen atoms in total. The Bertz CT molecular complexity index is 1150. The lowest BCUT2D eigenvalue weighted by Gasteiger charge is -2.00. The number of nitrogens with one attached hydrogen (secondary N) is 2. The van der Waals surface area contributed by atoms with E-state index < -0.39 is 0 Å². The fraction of sp³-hybridized carbons (Fsp3) is 0. The van der Waals surface area contributed by atoms with Crippen molar-refractivity contribution < 1.29 is 4.79 Å². The average molecular weight is 375 g/mol. The maximum absolute atomic E-state index is 12.2. The van der Waals surface area contributed by atoms with Gasteiger partial charge >= 0.3 is 0 Å². The topological polar surface area (TPSA) is 70.1 Å². The van der Waals surface area contributed by atoms with Crippen molar-refractivity contribution in [1.82, 2.24) is 15.6 Å². The molecule has 1 heterocycles. The Morgan fingerprint density at radius 1 is 1.00 bits per heavy atom. The van der Waals surface area contributed by atoms with Gasteiger partial charge in [0, 0.05) is 10.6 Å². The molecular formula is C21H15ClN4O. The first-order valence-corrected chi connectivity index (χ1v) is 8.70. The summed E-state index contributed by atoms with van der Waals surface area (Å²) in [5, 5.41) is 13.8. The van der Waals surface area contributed by atoms with Crippen molar-refractivity contribution in [1.29, 1.82) is 0 Å². The Morgan fingerprint density at radius 3 is 2.70 bits per heavy atom. The molecule has 0 radical (unpaired) electrons. The molecule has 0 bridgehead atoms. The molecule has 3 aromatic carbocycles. The van der Waals surface area contributed by atoms with E-state index >= 15 is 0 Å². The van der Waals surface area contributed by atoms with E-state index in [-0.39, 0.29) is 5.91 Å². The molecule has 0 atom stereocenters. The van der Waals surface area contributed by atoms with Crippen LogP contribution in [-0.4, -0.2) is 22.3 Å². The van der Waals surface area contributed by atoms with E-state index in [2.05, 4.69) is 26.8 Å². The maximum Gasteiger partial charge on any atom is 0.289 e. The first kappa shape index (κ1) is 17.0. The lowest BCUT2D eigenvalue weighted by molar-refractivity contribution is 0.0950. The van der Waals surface area contributed by atoms with Crippen LogP contribution in [0.1, 0.15) is 16.1 Å². The van der Waals surface area contributed by atoms with E-state index in [9.17, 15) is 4.79 Å². The number of halogens is 1. The molecule has 0 fully saturated rings. The van der Waals surface area contributed by atoms with Gasteiger partial charge < -0.3 is 0 Å². The van der Waals surface area contributed by atoms with E-state index in [0.29, 0.717) is 16.4 Å². The molecule has 1 aromatic heterocycles. The molecule has 4 rings (SSSR count). The molecule has 132 valence electrons. The number of H-pyrrole nitrogens is 1. The summed E-state index contributed by atoms with van der Waals surface area (Å²) in [6.45, 7) is 0. The third kappa shape index (κ3) is 3.88. The normalized spacial score (nSPS) is 11.1. The first-order chi connectivity index (χ1) is 13.2. The van der Waals surface area contributed by atoms with Gasteiger partial charge in [-0.05, 0) is 40.6 Å². The van der Waals surface area contributed by atoms with Crippen molar-refractivity contribution >= 4 is 34.5 Å². The Morgan fingerprint density at radius 2 is 1.85 bits per heavy atom. The molecule has 1 amide bonds. The lowest BCUT2D eigenvalue weighted by atomic mass is 10.1. The molecular weight excluding hydrogens is 360 g/mol. The fourth-order valence-electron chi connectivity index (χ4n) is 2.75. The van der Waals surface area contributed by atoms with Crippen LogP contribution in [0.2, 0.25) is 5.02 Å². The van der Waals surface area contributed by atoms with Crippen molar-refractivity contribution in [2.24, 2.45) is 5.10 Å². The van der Waals surface area contributed by atoms with Crippen molar-refractivity contribution in [2.45, 2.75) is 0 Å². The molecule has 27 heavy (non-hydrogen) atoms. The number of aromatic amines is 1. The fourth-order valence-corrected chi connectivity index (χ4v) is 2.95. The van der Waals surface area contributed by atoms with E-state index in [4.69, 9.17) is 11.6 Å². The number of hydrogen-bond acceptors (Lipinski definition) is 3. The third-order valence-electron chi connectivity index (χ3n) is 4.10. The summed E-state index contributed by atoms with van der Waals surface area (Å²) in [5.41, 5.74) is 5.24. The van der Waals surface area contributed by atoms with Gasteiger partial charge in [0.25, 0.3) is 5.91 Å². The molecule has 0 spiro atoms. The van der Waals surface area contributed by atoms with Gasteiger partial charge in [0.2, 0.25) is 0 Å². The van der Waals surface area contributed by atoms with Crippen LogP contribution in [-0.2, 0) is 0 Å². The second kappa shape index (κ2) is 7.43. The van der Waals surface area contributed by atoms with Crippen LogP contribution < -0.4 is 5.43 Å². The number of hydrazone groups is 1. The quantitative estimate of drug-likeness (QED) is 0.403. The van der Waals surface area contributed by atoms with Gasteiger partial charge in [0.1, 0.15) is 5.69 Å². The van der Waals surface area contributed by atoms with Gasteiger partial charge in [-0.25, -0.2) is 5.43 Å². The van der Waals surface area contributed by atoms with Gasteiger partial charge in [-0.1, -0.05) is 60.1 Å². The summed E-state index contributed by atoms with van der Waals surface area (Å²) >= 11 is 5.92. The van der Waals surface area contributed by atoms with E-state index in [1.807, 2.05) is 48.5 Å². The second-order valence-corrected chi connectivity index (χ2v) is 6.42. The average Bonchev–Trinajstić information content (AvgIpc) is 3.18. The maximum atomic E-state index is 12.2.